The number of hydrogen-bond donors (Lipinski definition) is 4. The van der Waals surface area contributed by atoms with Gasteiger partial charge in [-0.1, -0.05) is 24.5 Å². The third kappa shape index (κ3) is 10.4. The minimum atomic E-state index is -0.789. The largest absolute Gasteiger partial charge is 0.392 e. The molecule has 4 N–H and O–H groups in total. The van der Waals surface area contributed by atoms with Crippen molar-refractivity contribution in [2.24, 2.45) is 20.5 Å². The van der Waals surface area contributed by atoms with Gasteiger partial charge in [-0.2, -0.15) is 15.3 Å². The number of nitrogens with one attached hydrogen (secondary N) is 2. The van der Waals surface area contributed by atoms with Crippen molar-refractivity contribution in [3.05, 3.63) is 106 Å². The summed E-state index contributed by atoms with van der Waals surface area (Å²) in [4.78, 5) is 39.4. The number of aliphatic hydroxyl groups is 2. The van der Waals surface area contributed by atoms with E-state index >= 15 is 0 Å². The molecule has 2 aliphatic rings. The van der Waals surface area contributed by atoms with E-state index in [-0.39, 0.29) is 61.6 Å². The minimum absolute atomic E-state index is 0.0469. The maximum atomic E-state index is 12.5. The minimum Gasteiger partial charge on any atom is -0.392 e. The molecule has 2 heterocycles. The third-order valence-corrected chi connectivity index (χ3v) is 8.82. The van der Waals surface area contributed by atoms with Gasteiger partial charge >= 0.3 is 0 Å². The number of hydrogen-bond acceptors (Lipinski definition) is 13. The SMILES string of the molecule is [2H]CC1OC(N2C=C(C#CCNC(=O)CCCN(C)c3ccc(N=Nc4cc(C)c(N=Nc5ccc(C)cc5[N+](=O)[O-])cc4CO)cc3)C(=O)NC2=C)CC1O. The molecule has 286 valence electrons. The van der Waals surface area contributed by atoms with Gasteiger partial charge in [-0.15, -0.1) is 5.11 Å². The predicted molar refractivity (Wildman–Crippen MR) is 205 cm³/mol. The zero-order valence-corrected chi connectivity index (χ0v) is 30.7. The van der Waals surface area contributed by atoms with Crippen molar-refractivity contribution >= 4 is 45.9 Å². The van der Waals surface area contributed by atoms with Gasteiger partial charge in [0.1, 0.15) is 17.6 Å². The number of carbonyl (C=O) groups excluding carboxylic acids is 2. The van der Waals surface area contributed by atoms with E-state index in [4.69, 9.17) is 6.11 Å². The second-order valence-corrected chi connectivity index (χ2v) is 13.0. The van der Waals surface area contributed by atoms with Crippen molar-refractivity contribution < 1.29 is 30.8 Å². The Labute approximate surface area is 319 Å². The number of carbonyl (C=O) groups is 2. The zero-order valence-electron chi connectivity index (χ0n) is 31.7. The fourth-order valence-electron chi connectivity index (χ4n) is 5.66. The number of amides is 2. The van der Waals surface area contributed by atoms with E-state index in [1.54, 1.807) is 49.1 Å². The fourth-order valence-corrected chi connectivity index (χ4v) is 5.66. The molecule has 2 aliphatic heterocycles. The number of nitro groups is 1. The molecule has 1 fully saturated rings. The average Bonchev–Trinajstić information content (AvgIpc) is 3.56. The van der Waals surface area contributed by atoms with Crippen LogP contribution in [0.1, 0.15) is 44.2 Å². The van der Waals surface area contributed by atoms with Gasteiger partial charge < -0.3 is 35.4 Å². The van der Waals surface area contributed by atoms with E-state index in [1.807, 2.05) is 24.1 Å². The van der Waals surface area contributed by atoms with Crippen LogP contribution in [0.15, 0.2) is 99.2 Å². The molecule has 0 radical (unpaired) electrons. The molecule has 16 nitrogen and oxygen atoms in total. The van der Waals surface area contributed by atoms with E-state index in [0.717, 1.165) is 11.3 Å². The molecule has 3 aromatic carbocycles. The molecule has 3 atom stereocenters. The first-order chi connectivity index (χ1) is 26.9. The summed E-state index contributed by atoms with van der Waals surface area (Å²) >= 11 is 0. The maximum Gasteiger partial charge on any atom is 0.296 e. The smallest absolute Gasteiger partial charge is 0.296 e. The third-order valence-electron chi connectivity index (χ3n) is 8.82. The lowest BCUT2D eigenvalue weighted by Crippen LogP contribution is -2.42. The van der Waals surface area contributed by atoms with Crippen LogP contribution in [0, 0.1) is 35.8 Å². The Bertz CT molecular complexity index is 2130. The topological polar surface area (TPSA) is 207 Å². The maximum absolute atomic E-state index is 12.5. The molecule has 0 saturated carbocycles. The van der Waals surface area contributed by atoms with Crippen molar-refractivity contribution in [3.8, 4) is 11.8 Å². The summed E-state index contributed by atoms with van der Waals surface area (Å²) in [5.41, 5.74) is 4.39. The first-order valence-corrected chi connectivity index (χ1v) is 17.4. The number of anilines is 1. The molecule has 5 rings (SSSR count). The zero-order chi connectivity index (χ0) is 40.4. The Morgan fingerprint density at radius 2 is 1.89 bits per heavy atom. The highest BCUT2D eigenvalue weighted by atomic mass is 16.6. The lowest BCUT2D eigenvalue weighted by molar-refractivity contribution is -0.384. The Balaban J connectivity index is 1.09. The Morgan fingerprint density at radius 3 is 2.60 bits per heavy atom. The van der Waals surface area contributed by atoms with Crippen molar-refractivity contribution in [2.75, 3.05) is 25.0 Å². The summed E-state index contributed by atoms with van der Waals surface area (Å²) in [5.74, 6) is 5.23. The summed E-state index contributed by atoms with van der Waals surface area (Å²) in [7, 11) is 1.91. The standard InChI is InChI=1S/C39H43N9O7/c1-24-10-15-32(35(18-24)48(53)54)43-44-33-20-29(23-49)34(19-25(33)2)45-42-30-11-13-31(14-12-30)46(5)17-7-9-37(51)40-16-6-8-28-22-47(27(4)41-39(28)52)38-21-36(50)26(3)55-38/h10-15,18-20,22,26,36,38,49-50H,4,7,9,16-17,21,23H2,1-3,5H3,(H,40,51)(H,41,52)/i3D. The van der Waals surface area contributed by atoms with E-state index in [1.165, 1.54) is 18.3 Å². The molecule has 1 saturated heterocycles. The number of nitrogens with zero attached hydrogens (tertiary/aromatic N) is 7. The first-order valence-electron chi connectivity index (χ1n) is 18.1. The normalized spacial score (nSPS) is 18.5. The summed E-state index contributed by atoms with van der Waals surface area (Å²) in [6, 6.07) is 15.4. The van der Waals surface area contributed by atoms with Crippen molar-refractivity contribution in [1.82, 2.24) is 15.5 Å². The summed E-state index contributed by atoms with van der Waals surface area (Å²) < 4.78 is 13.2. The molecule has 3 aromatic rings. The number of aryl methyl sites for hydroxylation is 2. The molecule has 2 amide bonds. The van der Waals surface area contributed by atoms with Gasteiger partial charge in [0.15, 0.2) is 5.69 Å². The number of azo groups is 2. The van der Waals surface area contributed by atoms with Gasteiger partial charge in [0.2, 0.25) is 5.91 Å². The van der Waals surface area contributed by atoms with E-state index in [0.29, 0.717) is 41.2 Å². The number of aliphatic hydroxyl groups excluding tert-OH is 2. The van der Waals surface area contributed by atoms with Gasteiger partial charge in [-0.3, -0.25) is 19.7 Å². The molecular formula is C39H43N9O7. The summed E-state index contributed by atoms with van der Waals surface area (Å²) in [5, 5.41) is 53.9. The van der Waals surface area contributed by atoms with Gasteiger partial charge in [-0.25, -0.2) is 0 Å². The Kier molecular flexibility index (Phi) is 12.7. The van der Waals surface area contributed by atoms with Crippen LogP contribution in [0.3, 0.4) is 0 Å². The molecule has 16 heteroatoms. The highest BCUT2D eigenvalue weighted by Gasteiger charge is 2.36. The van der Waals surface area contributed by atoms with E-state index in [2.05, 4.69) is 49.5 Å². The highest BCUT2D eigenvalue weighted by molar-refractivity contribution is 5.99. The molecule has 0 bridgehead atoms. The number of ether oxygens (including phenoxy) is 1. The van der Waals surface area contributed by atoms with Crippen molar-refractivity contribution in [2.45, 2.75) is 65.1 Å². The quantitative estimate of drug-likeness (QED) is 0.0683. The number of nitro benzene ring substituents is 1. The Morgan fingerprint density at radius 1 is 1.15 bits per heavy atom. The van der Waals surface area contributed by atoms with Crippen LogP contribution in [0.4, 0.5) is 34.1 Å². The average molecular weight is 751 g/mol. The Hall–Kier alpha value is -6.28. The number of rotatable bonds is 13. The van der Waals surface area contributed by atoms with Crippen molar-refractivity contribution in [3.63, 3.8) is 0 Å². The highest BCUT2D eigenvalue weighted by Crippen LogP contribution is 2.34. The number of benzene rings is 3. The molecular weight excluding hydrogens is 706 g/mol. The van der Waals surface area contributed by atoms with Crippen molar-refractivity contribution in [1.29, 1.82) is 0 Å². The molecule has 0 aliphatic carbocycles. The van der Waals surface area contributed by atoms with Crippen LogP contribution in [0.2, 0.25) is 0 Å². The van der Waals surface area contributed by atoms with Gasteiger partial charge in [-0.05, 0) is 80.8 Å². The molecule has 55 heavy (non-hydrogen) atoms. The lowest BCUT2D eigenvalue weighted by Gasteiger charge is -2.32. The van der Waals surface area contributed by atoms with Crippen LogP contribution in [0.5, 0.6) is 0 Å². The molecule has 3 unspecified atom stereocenters. The van der Waals surface area contributed by atoms with Crippen LogP contribution in [-0.2, 0) is 20.9 Å². The van der Waals surface area contributed by atoms with Gasteiger partial charge in [0.25, 0.3) is 11.6 Å². The molecule has 0 aromatic heterocycles. The monoisotopic (exact) mass is 750 g/mol. The van der Waals surface area contributed by atoms with Gasteiger partial charge in [0, 0.05) is 51.3 Å². The van der Waals surface area contributed by atoms with Crippen LogP contribution in [0.25, 0.3) is 0 Å². The van der Waals surface area contributed by atoms with Crippen LogP contribution >= 0.6 is 0 Å². The summed E-state index contributed by atoms with van der Waals surface area (Å²) in [6.45, 7) is 7.61. The summed E-state index contributed by atoms with van der Waals surface area (Å²) in [6.07, 6.45) is 0.615. The second-order valence-electron chi connectivity index (χ2n) is 13.0. The van der Waals surface area contributed by atoms with E-state index < -0.39 is 29.3 Å². The second kappa shape index (κ2) is 18.2. The van der Waals surface area contributed by atoms with Crippen LogP contribution in [-0.4, -0.2) is 70.4 Å². The van der Waals surface area contributed by atoms with E-state index in [9.17, 15) is 29.9 Å². The lowest BCUT2D eigenvalue weighted by atomic mass is 10.1. The molecule has 0 spiro atoms. The predicted octanol–water partition coefficient (Wildman–Crippen LogP) is 6.15. The van der Waals surface area contributed by atoms with Gasteiger partial charge in [0.05, 0.1) is 47.3 Å². The fraction of sp³-hybridized carbons (Fsp3) is 0.333. The van der Waals surface area contributed by atoms with Crippen LogP contribution < -0.4 is 15.5 Å². The first kappa shape index (κ1) is 38.4.